The van der Waals surface area contributed by atoms with Gasteiger partial charge in [-0.1, -0.05) is 6.07 Å². The molecule has 0 saturated carbocycles. The number of hydrogen-bond donors (Lipinski definition) is 1. The Morgan fingerprint density at radius 3 is 2.56 bits per heavy atom. The minimum absolute atomic E-state index is 0.0195. The minimum atomic E-state index is -0.495. The van der Waals surface area contributed by atoms with Crippen LogP contribution in [0.2, 0.25) is 0 Å². The van der Waals surface area contributed by atoms with Crippen molar-refractivity contribution < 1.29 is 14.5 Å². The van der Waals surface area contributed by atoms with Crippen LogP contribution >= 0.6 is 0 Å². The number of ether oxygens (including phenoxy) is 1. The number of benzene rings is 1. The molecule has 1 saturated heterocycles. The van der Waals surface area contributed by atoms with Crippen molar-refractivity contribution in [3.8, 4) is 0 Å². The van der Waals surface area contributed by atoms with Gasteiger partial charge in [0.25, 0.3) is 5.69 Å². The molecule has 0 unspecified atom stereocenters. The van der Waals surface area contributed by atoms with E-state index in [2.05, 4.69) is 4.90 Å². The topological polar surface area (TPSA) is 102 Å². The van der Waals surface area contributed by atoms with Crippen molar-refractivity contribution in [1.29, 1.82) is 0 Å². The summed E-state index contributed by atoms with van der Waals surface area (Å²) < 4.78 is 5.36. The van der Waals surface area contributed by atoms with Gasteiger partial charge in [-0.3, -0.25) is 10.1 Å². The van der Waals surface area contributed by atoms with Gasteiger partial charge in [0, 0.05) is 26.2 Å². The van der Waals surface area contributed by atoms with Gasteiger partial charge in [-0.2, -0.15) is 0 Å². The number of anilines is 1. The Kier molecular flexibility index (Phi) is 6.64. The van der Waals surface area contributed by atoms with Crippen LogP contribution in [-0.2, 0) is 4.74 Å². The van der Waals surface area contributed by atoms with Gasteiger partial charge >= 0.3 is 6.09 Å². The van der Waals surface area contributed by atoms with Crippen molar-refractivity contribution in [2.45, 2.75) is 45.1 Å². The van der Waals surface area contributed by atoms with E-state index in [0.717, 1.165) is 38.0 Å². The van der Waals surface area contributed by atoms with Gasteiger partial charge in [0.1, 0.15) is 11.3 Å². The fraction of sp³-hybridized carbons (Fsp3) is 0.632. The van der Waals surface area contributed by atoms with Crippen LogP contribution in [0.3, 0.4) is 0 Å². The zero-order valence-electron chi connectivity index (χ0n) is 16.6. The number of hydrogen-bond acceptors (Lipinski definition) is 6. The van der Waals surface area contributed by atoms with Crippen LogP contribution in [0.5, 0.6) is 0 Å². The lowest BCUT2D eigenvalue weighted by molar-refractivity contribution is -0.384. The van der Waals surface area contributed by atoms with Gasteiger partial charge in [-0.15, -0.1) is 0 Å². The first-order chi connectivity index (χ1) is 12.6. The molecular weight excluding hydrogens is 348 g/mol. The third kappa shape index (κ3) is 6.09. The first-order valence-electron chi connectivity index (χ1n) is 9.27. The lowest BCUT2D eigenvalue weighted by atomic mass is 9.89. The van der Waals surface area contributed by atoms with Crippen LogP contribution < -0.4 is 5.73 Å². The van der Waals surface area contributed by atoms with E-state index in [4.69, 9.17) is 10.5 Å². The number of likely N-dealkylation sites (tertiary alicyclic amines) is 1. The number of nitro groups is 1. The molecule has 2 rings (SSSR count). The summed E-state index contributed by atoms with van der Waals surface area (Å²) in [5.41, 5.74) is 6.34. The zero-order valence-corrected chi connectivity index (χ0v) is 16.6. The van der Waals surface area contributed by atoms with Crippen LogP contribution in [0.4, 0.5) is 16.2 Å². The number of rotatable bonds is 5. The molecule has 0 aromatic heterocycles. The van der Waals surface area contributed by atoms with Crippen molar-refractivity contribution in [2.24, 2.45) is 0 Å². The molecule has 1 fully saturated rings. The van der Waals surface area contributed by atoms with Gasteiger partial charge in [-0.25, -0.2) is 4.79 Å². The van der Waals surface area contributed by atoms with Gasteiger partial charge in [0.2, 0.25) is 0 Å². The van der Waals surface area contributed by atoms with Crippen molar-refractivity contribution in [1.82, 2.24) is 9.80 Å². The Balaban J connectivity index is 1.83. The molecule has 1 heterocycles. The standard InChI is InChI=1S/C19H30N4O4/c1-19(2,3)27-18(24)21(4)11-12-22-9-7-14(8-10-22)15-5-6-16(20)17(13-15)23(25)26/h5-6,13-14H,7-12,20H2,1-4H3. The van der Waals surface area contributed by atoms with E-state index in [-0.39, 0.29) is 17.5 Å². The summed E-state index contributed by atoms with van der Waals surface area (Å²) in [7, 11) is 1.74. The maximum Gasteiger partial charge on any atom is 0.410 e. The summed E-state index contributed by atoms with van der Waals surface area (Å²) in [5.74, 6) is 0.295. The SMILES string of the molecule is CN(CCN1CCC(c2ccc(N)c([N+](=O)[O-])c2)CC1)C(=O)OC(C)(C)C. The summed E-state index contributed by atoms with van der Waals surface area (Å²) in [6.45, 7) is 8.73. The van der Waals surface area contributed by atoms with Crippen LogP contribution in [0.25, 0.3) is 0 Å². The third-order valence-electron chi connectivity index (χ3n) is 4.77. The number of nitro benzene ring substituents is 1. The number of carbonyl (C=O) groups excluding carboxylic acids is 1. The van der Waals surface area contributed by atoms with Crippen LogP contribution in [0.1, 0.15) is 45.1 Å². The normalized spacial score (nSPS) is 16.1. The lowest BCUT2D eigenvalue weighted by Gasteiger charge is -2.33. The number of nitrogen functional groups attached to an aromatic ring is 1. The quantitative estimate of drug-likeness (QED) is 0.479. The molecule has 0 bridgehead atoms. The first-order valence-corrected chi connectivity index (χ1v) is 9.27. The van der Waals surface area contributed by atoms with Crippen molar-refractivity contribution in [3.05, 3.63) is 33.9 Å². The molecule has 0 aliphatic carbocycles. The molecule has 1 aliphatic heterocycles. The van der Waals surface area contributed by atoms with E-state index >= 15 is 0 Å². The fourth-order valence-corrected chi connectivity index (χ4v) is 3.19. The van der Waals surface area contributed by atoms with Gasteiger partial charge in [-0.05, 0) is 64.3 Å². The molecule has 0 radical (unpaired) electrons. The zero-order chi connectivity index (χ0) is 20.2. The Labute approximate surface area is 160 Å². The highest BCUT2D eigenvalue weighted by Crippen LogP contribution is 2.32. The molecule has 8 heteroatoms. The summed E-state index contributed by atoms with van der Waals surface area (Å²) >= 11 is 0. The number of nitrogens with zero attached hydrogens (tertiary/aromatic N) is 3. The van der Waals surface area contributed by atoms with Gasteiger partial charge < -0.3 is 20.3 Å². The fourth-order valence-electron chi connectivity index (χ4n) is 3.19. The van der Waals surface area contributed by atoms with Gasteiger partial charge in [0.05, 0.1) is 4.92 Å². The molecule has 1 aliphatic rings. The predicted octanol–water partition coefficient (Wildman–Crippen LogP) is 3.22. The molecule has 8 nitrogen and oxygen atoms in total. The van der Waals surface area contributed by atoms with Crippen LogP contribution in [0.15, 0.2) is 18.2 Å². The third-order valence-corrected chi connectivity index (χ3v) is 4.77. The molecular formula is C19H30N4O4. The van der Waals surface area contributed by atoms with E-state index in [1.54, 1.807) is 24.1 Å². The van der Waals surface area contributed by atoms with E-state index < -0.39 is 10.5 Å². The maximum absolute atomic E-state index is 12.0. The van der Waals surface area contributed by atoms with E-state index in [1.165, 1.54) is 0 Å². The lowest BCUT2D eigenvalue weighted by Crippen LogP contribution is -2.41. The van der Waals surface area contributed by atoms with Crippen molar-refractivity contribution >= 4 is 17.5 Å². The maximum atomic E-state index is 12.0. The number of nitrogens with two attached hydrogens (primary N) is 1. The number of amides is 1. The van der Waals surface area contributed by atoms with E-state index in [9.17, 15) is 14.9 Å². The van der Waals surface area contributed by atoms with Crippen molar-refractivity contribution in [2.75, 3.05) is 39.0 Å². The number of carbonyl (C=O) groups is 1. The number of piperidine rings is 1. The number of likely N-dealkylation sites (N-methyl/N-ethyl adjacent to an activating group) is 1. The van der Waals surface area contributed by atoms with Crippen molar-refractivity contribution in [3.63, 3.8) is 0 Å². The second kappa shape index (κ2) is 8.56. The van der Waals surface area contributed by atoms with Crippen LogP contribution in [0, 0.1) is 10.1 Å². The summed E-state index contributed by atoms with van der Waals surface area (Å²) in [6.07, 6.45) is 1.54. The molecule has 2 N–H and O–H groups in total. The Hall–Kier alpha value is -2.35. The highest BCUT2D eigenvalue weighted by Gasteiger charge is 2.24. The predicted molar refractivity (Wildman–Crippen MR) is 105 cm³/mol. The average molecular weight is 378 g/mol. The highest BCUT2D eigenvalue weighted by molar-refractivity contribution is 5.67. The monoisotopic (exact) mass is 378 g/mol. The average Bonchev–Trinajstić information content (AvgIpc) is 2.59. The van der Waals surface area contributed by atoms with Crippen LogP contribution in [-0.4, -0.2) is 59.6 Å². The smallest absolute Gasteiger partial charge is 0.410 e. The minimum Gasteiger partial charge on any atom is -0.444 e. The summed E-state index contributed by atoms with van der Waals surface area (Å²) in [4.78, 5) is 26.6. The van der Waals surface area contributed by atoms with E-state index in [0.29, 0.717) is 12.5 Å². The van der Waals surface area contributed by atoms with Gasteiger partial charge in [0.15, 0.2) is 0 Å². The molecule has 1 aromatic rings. The Morgan fingerprint density at radius 2 is 2.00 bits per heavy atom. The second-order valence-corrected chi connectivity index (χ2v) is 8.09. The Morgan fingerprint density at radius 1 is 1.37 bits per heavy atom. The molecule has 27 heavy (non-hydrogen) atoms. The molecule has 0 atom stereocenters. The molecule has 0 spiro atoms. The Bertz CT molecular complexity index is 679. The molecule has 1 amide bonds. The second-order valence-electron chi connectivity index (χ2n) is 8.09. The summed E-state index contributed by atoms with van der Waals surface area (Å²) in [5, 5.41) is 11.1. The molecule has 1 aromatic carbocycles. The summed E-state index contributed by atoms with van der Waals surface area (Å²) in [6, 6.07) is 5.11. The highest BCUT2D eigenvalue weighted by atomic mass is 16.6. The largest absolute Gasteiger partial charge is 0.444 e. The first kappa shape index (κ1) is 21.0. The van der Waals surface area contributed by atoms with E-state index in [1.807, 2.05) is 26.8 Å². The molecule has 150 valence electrons.